The molecule has 0 aliphatic carbocycles. The Balaban J connectivity index is 2.16. The standard InChI is InChI=1S/C8H13N3O2/c1-11-3-2-7(5-11)4-10-13-6-8(9)12/h2-3,5,10H,4,6H2,1H3,(H2,9,12). The monoisotopic (exact) mass is 183 g/mol. The van der Waals surface area contributed by atoms with Crippen LogP contribution >= 0.6 is 0 Å². The Labute approximate surface area is 76.4 Å². The quantitative estimate of drug-likeness (QED) is 0.479. The van der Waals surface area contributed by atoms with Gasteiger partial charge in [0.2, 0.25) is 5.91 Å². The Kier molecular flexibility index (Phi) is 3.48. The average Bonchev–Trinajstić information content (AvgIpc) is 2.45. The zero-order valence-electron chi connectivity index (χ0n) is 7.49. The Bertz CT molecular complexity index is 283. The summed E-state index contributed by atoms with van der Waals surface area (Å²) < 4.78 is 1.94. The van der Waals surface area contributed by atoms with E-state index in [4.69, 9.17) is 10.6 Å². The summed E-state index contributed by atoms with van der Waals surface area (Å²) in [7, 11) is 1.94. The molecule has 0 unspecified atom stereocenters. The summed E-state index contributed by atoms with van der Waals surface area (Å²) in [5, 5.41) is 0. The molecule has 0 aromatic carbocycles. The predicted octanol–water partition coefficient (Wildman–Crippen LogP) is -0.468. The summed E-state index contributed by atoms with van der Waals surface area (Å²) in [5.41, 5.74) is 8.59. The minimum atomic E-state index is -0.486. The highest BCUT2D eigenvalue weighted by atomic mass is 16.6. The van der Waals surface area contributed by atoms with Crippen LogP contribution in [0.3, 0.4) is 0 Å². The average molecular weight is 183 g/mol. The van der Waals surface area contributed by atoms with E-state index in [0.29, 0.717) is 6.54 Å². The molecule has 5 nitrogen and oxygen atoms in total. The van der Waals surface area contributed by atoms with Crippen molar-refractivity contribution in [3.05, 3.63) is 24.0 Å². The number of hydroxylamine groups is 1. The van der Waals surface area contributed by atoms with Gasteiger partial charge in [-0.25, -0.2) is 0 Å². The Morgan fingerprint density at radius 1 is 1.77 bits per heavy atom. The number of carbonyl (C=O) groups is 1. The van der Waals surface area contributed by atoms with Gasteiger partial charge in [0.1, 0.15) is 6.61 Å². The van der Waals surface area contributed by atoms with Crippen LogP contribution in [0.1, 0.15) is 5.56 Å². The zero-order chi connectivity index (χ0) is 9.68. The van der Waals surface area contributed by atoms with Crippen molar-refractivity contribution in [1.82, 2.24) is 10.0 Å². The first-order valence-corrected chi connectivity index (χ1v) is 3.92. The molecule has 0 aliphatic rings. The third-order valence-corrected chi connectivity index (χ3v) is 1.49. The van der Waals surface area contributed by atoms with Crippen LogP contribution < -0.4 is 11.2 Å². The van der Waals surface area contributed by atoms with Crippen LogP contribution in [0, 0.1) is 0 Å². The number of amides is 1. The zero-order valence-corrected chi connectivity index (χ0v) is 7.49. The van der Waals surface area contributed by atoms with Crippen LogP contribution in [-0.2, 0) is 23.2 Å². The first kappa shape index (κ1) is 9.76. The van der Waals surface area contributed by atoms with Gasteiger partial charge in [-0.1, -0.05) is 0 Å². The minimum Gasteiger partial charge on any atom is -0.368 e. The van der Waals surface area contributed by atoms with Crippen LogP contribution in [0.5, 0.6) is 0 Å². The van der Waals surface area contributed by atoms with Crippen molar-refractivity contribution in [2.45, 2.75) is 6.54 Å². The van der Waals surface area contributed by atoms with Crippen molar-refractivity contribution in [3.63, 3.8) is 0 Å². The van der Waals surface area contributed by atoms with Gasteiger partial charge < -0.3 is 10.3 Å². The normalized spacial score (nSPS) is 10.2. The van der Waals surface area contributed by atoms with E-state index in [-0.39, 0.29) is 6.61 Å². The second-order valence-corrected chi connectivity index (χ2v) is 2.76. The van der Waals surface area contributed by atoms with Gasteiger partial charge >= 0.3 is 0 Å². The molecule has 0 radical (unpaired) electrons. The summed E-state index contributed by atoms with van der Waals surface area (Å²) in [6, 6.07) is 1.96. The number of nitrogens with zero attached hydrogens (tertiary/aromatic N) is 1. The number of primary amides is 1. The second kappa shape index (κ2) is 4.64. The second-order valence-electron chi connectivity index (χ2n) is 2.76. The van der Waals surface area contributed by atoms with Crippen molar-refractivity contribution < 1.29 is 9.63 Å². The fourth-order valence-electron chi connectivity index (χ4n) is 0.922. The van der Waals surface area contributed by atoms with Crippen LogP contribution in [0.25, 0.3) is 0 Å². The number of nitrogens with one attached hydrogen (secondary N) is 1. The van der Waals surface area contributed by atoms with Gasteiger partial charge in [0.25, 0.3) is 0 Å². The van der Waals surface area contributed by atoms with Crippen LogP contribution in [-0.4, -0.2) is 17.1 Å². The molecule has 0 aliphatic heterocycles. The van der Waals surface area contributed by atoms with Gasteiger partial charge in [0, 0.05) is 26.0 Å². The Morgan fingerprint density at radius 3 is 3.08 bits per heavy atom. The highest BCUT2D eigenvalue weighted by Crippen LogP contribution is 1.97. The molecule has 0 fully saturated rings. The van der Waals surface area contributed by atoms with Gasteiger partial charge in [-0.15, -0.1) is 0 Å². The summed E-state index contributed by atoms with van der Waals surface area (Å²) in [6.07, 6.45) is 3.89. The molecule has 1 aromatic heterocycles. The van der Waals surface area contributed by atoms with Gasteiger partial charge in [0.05, 0.1) is 0 Å². The lowest BCUT2D eigenvalue weighted by atomic mass is 10.3. The maximum absolute atomic E-state index is 10.3. The number of hydrogen-bond donors (Lipinski definition) is 2. The van der Waals surface area contributed by atoms with E-state index in [2.05, 4.69) is 5.48 Å². The van der Waals surface area contributed by atoms with E-state index >= 15 is 0 Å². The van der Waals surface area contributed by atoms with E-state index in [0.717, 1.165) is 5.56 Å². The minimum absolute atomic E-state index is 0.104. The summed E-state index contributed by atoms with van der Waals surface area (Å²) in [5.74, 6) is -0.486. The lowest BCUT2D eigenvalue weighted by Crippen LogP contribution is -2.24. The van der Waals surface area contributed by atoms with Crippen LogP contribution in [0.15, 0.2) is 18.5 Å². The first-order valence-electron chi connectivity index (χ1n) is 3.92. The fraction of sp³-hybridized carbons (Fsp3) is 0.375. The number of aryl methyl sites for hydroxylation is 1. The van der Waals surface area contributed by atoms with Crippen molar-refractivity contribution in [3.8, 4) is 0 Å². The summed E-state index contributed by atoms with van der Waals surface area (Å²) in [6.45, 7) is 0.459. The Morgan fingerprint density at radius 2 is 2.54 bits per heavy atom. The van der Waals surface area contributed by atoms with Crippen LogP contribution in [0.2, 0.25) is 0 Å². The van der Waals surface area contributed by atoms with Crippen molar-refractivity contribution >= 4 is 5.91 Å². The molecule has 0 saturated carbocycles. The van der Waals surface area contributed by atoms with Gasteiger partial charge in [-0.2, -0.15) is 5.48 Å². The lowest BCUT2D eigenvalue weighted by Gasteiger charge is -2.01. The third-order valence-electron chi connectivity index (χ3n) is 1.49. The van der Waals surface area contributed by atoms with Crippen molar-refractivity contribution in [2.75, 3.05) is 6.61 Å². The highest BCUT2D eigenvalue weighted by Gasteiger charge is 1.95. The topological polar surface area (TPSA) is 69.3 Å². The number of hydrogen-bond acceptors (Lipinski definition) is 3. The largest absolute Gasteiger partial charge is 0.368 e. The molecule has 3 N–H and O–H groups in total. The molecule has 1 rings (SSSR count). The summed E-state index contributed by atoms with van der Waals surface area (Å²) in [4.78, 5) is 15.0. The SMILES string of the molecule is Cn1ccc(CNOCC(N)=O)c1. The number of nitrogens with two attached hydrogens (primary N) is 1. The van der Waals surface area contributed by atoms with E-state index in [1.807, 2.05) is 30.1 Å². The molecule has 1 aromatic rings. The molecule has 1 heterocycles. The first-order chi connectivity index (χ1) is 6.18. The molecule has 72 valence electrons. The van der Waals surface area contributed by atoms with Gasteiger partial charge in [-0.05, 0) is 11.6 Å². The maximum Gasteiger partial charge on any atom is 0.245 e. The van der Waals surface area contributed by atoms with E-state index in [9.17, 15) is 4.79 Å². The molecule has 5 heteroatoms. The highest BCUT2D eigenvalue weighted by molar-refractivity contribution is 5.74. The molecule has 13 heavy (non-hydrogen) atoms. The maximum atomic E-state index is 10.3. The van der Waals surface area contributed by atoms with Gasteiger partial charge in [0.15, 0.2) is 0 Å². The predicted molar refractivity (Wildman–Crippen MR) is 47.4 cm³/mol. The van der Waals surface area contributed by atoms with Gasteiger partial charge in [-0.3, -0.25) is 9.63 Å². The fourth-order valence-corrected chi connectivity index (χ4v) is 0.922. The van der Waals surface area contributed by atoms with Crippen molar-refractivity contribution in [1.29, 1.82) is 0 Å². The molecular formula is C8H13N3O2. The number of aromatic nitrogens is 1. The molecule has 0 saturated heterocycles. The van der Waals surface area contributed by atoms with Crippen LogP contribution in [0.4, 0.5) is 0 Å². The van der Waals surface area contributed by atoms with E-state index in [1.54, 1.807) is 0 Å². The summed E-state index contributed by atoms with van der Waals surface area (Å²) >= 11 is 0. The smallest absolute Gasteiger partial charge is 0.245 e. The number of carbonyl (C=O) groups excluding carboxylic acids is 1. The number of rotatable bonds is 5. The van der Waals surface area contributed by atoms with E-state index < -0.39 is 5.91 Å². The Hall–Kier alpha value is -1.33. The molecular weight excluding hydrogens is 170 g/mol. The van der Waals surface area contributed by atoms with E-state index in [1.165, 1.54) is 0 Å². The molecule has 0 atom stereocenters. The lowest BCUT2D eigenvalue weighted by molar-refractivity contribution is -0.125. The molecule has 1 amide bonds. The molecule has 0 spiro atoms. The van der Waals surface area contributed by atoms with Crippen molar-refractivity contribution in [2.24, 2.45) is 12.8 Å². The third kappa shape index (κ3) is 3.73. The molecule has 0 bridgehead atoms.